The summed E-state index contributed by atoms with van der Waals surface area (Å²) in [6, 6.07) is 19.6. The summed E-state index contributed by atoms with van der Waals surface area (Å²) < 4.78 is 51.3. The minimum Gasteiger partial charge on any atom is -0.490 e. The first-order chi connectivity index (χ1) is 19.6. The van der Waals surface area contributed by atoms with Gasteiger partial charge in [0.2, 0.25) is 0 Å². The Morgan fingerprint density at radius 1 is 1.00 bits per heavy atom. The van der Waals surface area contributed by atoms with Crippen LogP contribution in [-0.2, 0) is 22.4 Å². The summed E-state index contributed by atoms with van der Waals surface area (Å²) in [6.07, 6.45) is -3.38. The number of hydrogen-bond acceptors (Lipinski definition) is 5. The predicted octanol–water partition coefficient (Wildman–Crippen LogP) is 7.34. The number of carbonyl (C=O) groups excluding carboxylic acids is 2. The molecule has 4 aromatic carbocycles. The third-order valence-corrected chi connectivity index (χ3v) is 6.63. The molecule has 0 radical (unpaired) electrons. The van der Waals surface area contributed by atoms with Gasteiger partial charge in [-0.2, -0.15) is 18.3 Å². The molecular formula is C29H22BrClF3N3O4. The number of fused-ring (bicyclic) bond motifs is 1. The van der Waals surface area contributed by atoms with E-state index in [1.807, 2.05) is 54.8 Å². The van der Waals surface area contributed by atoms with E-state index in [1.165, 1.54) is 6.21 Å². The first-order valence-corrected chi connectivity index (χ1v) is 13.3. The van der Waals surface area contributed by atoms with Crippen molar-refractivity contribution in [3.05, 3.63) is 99.0 Å². The molecule has 12 heteroatoms. The van der Waals surface area contributed by atoms with E-state index in [9.17, 15) is 22.8 Å². The second kappa shape index (κ2) is 13.0. The van der Waals surface area contributed by atoms with E-state index in [-0.39, 0.29) is 17.3 Å². The number of rotatable bonds is 8. The standard InChI is InChI=1S/C29H22BrClF3N3O4/c1-2-40-25-13-17(12-22(30)26(25)41-16-19-8-5-7-18-6-3-4-9-21(18)19)15-35-37-28(39)27(38)36-24-14-20(29(32,33)34)10-11-23(24)31/h3-15H,2,16H2,1H3,(H,36,38)(H,37,39)/b35-15+. The number of ether oxygens (including phenoxy) is 2. The van der Waals surface area contributed by atoms with Gasteiger partial charge in [0.05, 0.1) is 33.6 Å². The molecule has 41 heavy (non-hydrogen) atoms. The van der Waals surface area contributed by atoms with Crippen LogP contribution < -0.4 is 20.2 Å². The van der Waals surface area contributed by atoms with Gasteiger partial charge in [-0.1, -0.05) is 54.1 Å². The Morgan fingerprint density at radius 3 is 2.51 bits per heavy atom. The molecule has 2 N–H and O–H groups in total. The van der Waals surface area contributed by atoms with Crippen LogP contribution in [0.3, 0.4) is 0 Å². The normalized spacial score (nSPS) is 11.5. The second-order valence-electron chi connectivity index (χ2n) is 8.54. The fraction of sp³-hybridized carbons (Fsp3) is 0.138. The minimum atomic E-state index is -4.65. The van der Waals surface area contributed by atoms with Crippen molar-refractivity contribution in [1.82, 2.24) is 5.43 Å². The smallest absolute Gasteiger partial charge is 0.416 e. The number of alkyl halides is 3. The summed E-state index contributed by atoms with van der Waals surface area (Å²) in [4.78, 5) is 24.4. The van der Waals surface area contributed by atoms with Crippen LogP contribution in [0.2, 0.25) is 5.02 Å². The topological polar surface area (TPSA) is 89.0 Å². The first-order valence-electron chi connectivity index (χ1n) is 12.1. The Kier molecular flexibility index (Phi) is 9.51. The summed E-state index contributed by atoms with van der Waals surface area (Å²) in [6.45, 7) is 2.46. The Balaban J connectivity index is 1.43. The summed E-state index contributed by atoms with van der Waals surface area (Å²) in [5.41, 5.74) is 2.13. The Morgan fingerprint density at radius 2 is 1.76 bits per heavy atom. The van der Waals surface area contributed by atoms with Crippen molar-refractivity contribution >= 4 is 62.0 Å². The fourth-order valence-corrected chi connectivity index (χ4v) is 4.57. The van der Waals surface area contributed by atoms with Gasteiger partial charge in [0.1, 0.15) is 6.61 Å². The average molecular weight is 649 g/mol. The number of hydrogen-bond donors (Lipinski definition) is 2. The van der Waals surface area contributed by atoms with Crippen LogP contribution in [0, 0.1) is 0 Å². The van der Waals surface area contributed by atoms with E-state index in [0.29, 0.717) is 34.2 Å². The van der Waals surface area contributed by atoms with Gasteiger partial charge in [-0.25, -0.2) is 5.43 Å². The van der Waals surface area contributed by atoms with Crippen molar-refractivity contribution in [2.45, 2.75) is 19.7 Å². The van der Waals surface area contributed by atoms with Crippen molar-refractivity contribution in [2.24, 2.45) is 5.10 Å². The highest BCUT2D eigenvalue weighted by Gasteiger charge is 2.31. The van der Waals surface area contributed by atoms with Crippen molar-refractivity contribution < 1.29 is 32.2 Å². The summed E-state index contributed by atoms with van der Waals surface area (Å²) in [7, 11) is 0. The zero-order valence-corrected chi connectivity index (χ0v) is 23.7. The highest BCUT2D eigenvalue weighted by molar-refractivity contribution is 9.10. The molecule has 0 aliphatic carbocycles. The maximum absolute atomic E-state index is 13.0. The molecule has 212 valence electrons. The lowest BCUT2D eigenvalue weighted by molar-refractivity contribution is -0.137. The molecular weight excluding hydrogens is 627 g/mol. The van der Waals surface area contributed by atoms with Gasteiger partial charge in [-0.15, -0.1) is 0 Å². The van der Waals surface area contributed by atoms with Gasteiger partial charge in [0, 0.05) is 0 Å². The highest BCUT2D eigenvalue weighted by Crippen LogP contribution is 2.38. The Bertz CT molecular complexity index is 1620. The summed E-state index contributed by atoms with van der Waals surface area (Å²) in [5, 5.41) is 7.82. The number of nitrogens with one attached hydrogen (secondary N) is 2. The lowest BCUT2D eigenvalue weighted by Crippen LogP contribution is -2.32. The molecule has 4 aromatic rings. The Hall–Kier alpha value is -4.09. The van der Waals surface area contributed by atoms with Crippen molar-refractivity contribution in [2.75, 3.05) is 11.9 Å². The second-order valence-corrected chi connectivity index (χ2v) is 9.80. The number of benzene rings is 4. The van der Waals surface area contributed by atoms with Crippen molar-refractivity contribution in [3.8, 4) is 11.5 Å². The number of hydrazone groups is 1. The molecule has 0 saturated carbocycles. The van der Waals surface area contributed by atoms with Crippen LogP contribution in [0.1, 0.15) is 23.6 Å². The summed E-state index contributed by atoms with van der Waals surface area (Å²) >= 11 is 9.35. The van der Waals surface area contributed by atoms with Gasteiger partial charge in [0.25, 0.3) is 0 Å². The number of nitrogens with zero attached hydrogens (tertiary/aromatic N) is 1. The van der Waals surface area contributed by atoms with E-state index in [2.05, 4.69) is 26.3 Å². The first kappa shape index (κ1) is 29.9. The molecule has 4 rings (SSSR count). The maximum atomic E-state index is 13.0. The van der Waals surface area contributed by atoms with E-state index < -0.39 is 23.6 Å². The molecule has 0 heterocycles. The molecule has 0 aliphatic heterocycles. The van der Waals surface area contributed by atoms with Crippen molar-refractivity contribution in [1.29, 1.82) is 0 Å². The third kappa shape index (κ3) is 7.56. The molecule has 0 saturated heterocycles. The van der Waals surface area contributed by atoms with Crippen LogP contribution >= 0.6 is 27.5 Å². The monoisotopic (exact) mass is 647 g/mol. The van der Waals surface area contributed by atoms with E-state index in [1.54, 1.807) is 12.1 Å². The molecule has 0 aliphatic rings. The number of anilines is 1. The number of halogens is 5. The maximum Gasteiger partial charge on any atom is 0.416 e. The molecule has 2 amide bonds. The van der Waals surface area contributed by atoms with Gasteiger partial charge in [-0.3, -0.25) is 9.59 Å². The fourth-order valence-electron chi connectivity index (χ4n) is 3.83. The lowest BCUT2D eigenvalue weighted by Gasteiger charge is -2.15. The van der Waals surface area contributed by atoms with Crippen LogP contribution in [0.5, 0.6) is 11.5 Å². The minimum absolute atomic E-state index is 0.168. The van der Waals surface area contributed by atoms with Gasteiger partial charge < -0.3 is 14.8 Å². The highest BCUT2D eigenvalue weighted by atomic mass is 79.9. The van der Waals surface area contributed by atoms with E-state index in [4.69, 9.17) is 21.1 Å². The number of amides is 2. The Labute approximate surface area is 246 Å². The van der Waals surface area contributed by atoms with Crippen molar-refractivity contribution in [3.63, 3.8) is 0 Å². The lowest BCUT2D eigenvalue weighted by atomic mass is 10.1. The SMILES string of the molecule is CCOc1cc(/C=N/NC(=O)C(=O)Nc2cc(C(F)(F)F)ccc2Cl)cc(Br)c1OCc1cccc2ccccc12. The average Bonchev–Trinajstić information content (AvgIpc) is 2.93. The molecule has 0 atom stereocenters. The van der Waals surface area contributed by atoms with E-state index in [0.717, 1.165) is 28.5 Å². The van der Waals surface area contributed by atoms with Crippen LogP contribution in [0.15, 0.2) is 82.4 Å². The molecule has 0 spiro atoms. The predicted molar refractivity (Wildman–Crippen MR) is 154 cm³/mol. The van der Waals surface area contributed by atoms with Gasteiger partial charge in [-0.05, 0) is 75.1 Å². The summed E-state index contributed by atoms with van der Waals surface area (Å²) in [5.74, 6) is -1.57. The van der Waals surface area contributed by atoms with Gasteiger partial charge in [0.15, 0.2) is 11.5 Å². The van der Waals surface area contributed by atoms with Gasteiger partial charge >= 0.3 is 18.0 Å². The van der Waals surface area contributed by atoms with Crippen LogP contribution in [-0.4, -0.2) is 24.6 Å². The quantitative estimate of drug-likeness (QED) is 0.119. The van der Waals surface area contributed by atoms with Crippen LogP contribution in [0.25, 0.3) is 10.8 Å². The molecule has 0 bridgehead atoms. The molecule has 0 fully saturated rings. The largest absolute Gasteiger partial charge is 0.490 e. The zero-order chi connectivity index (χ0) is 29.6. The molecule has 7 nitrogen and oxygen atoms in total. The van der Waals surface area contributed by atoms with Crippen LogP contribution in [0.4, 0.5) is 18.9 Å². The number of carbonyl (C=O) groups is 2. The molecule has 0 unspecified atom stereocenters. The zero-order valence-electron chi connectivity index (χ0n) is 21.4. The third-order valence-electron chi connectivity index (χ3n) is 5.71. The van der Waals surface area contributed by atoms with E-state index >= 15 is 0 Å². The molecule has 0 aromatic heterocycles.